The molecule has 1 saturated carbocycles. The lowest BCUT2D eigenvalue weighted by Crippen LogP contribution is -2.65. The number of rotatable bonds is 3. The van der Waals surface area contributed by atoms with E-state index in [0.29, 0.717) is 12.0 Å². The lowest BCUT2D eigenvalue weighted by Gasteiger charge is -2.43. The average Bonchev–Trinajstić information content (AvgIpc) is 2.62. The largest absolute Gasteiger partial charge is 0.368 e. The number of hydrogen-bond acceptors (Lipinski definition) is 3. The van der Waals surface area contributed by atoms with Crippen molar-refractivity contribution in [1.29, 1.82) is 0 Å². The Morgan fingerprint density at radius 2 is 1.84 bits per heavy atom. The molecule has 3 fully saturated rings. The van der Waals surface area contributed by atoms with Crippen LogP contribution >= 0.6 is 0 Å². The first kappa shape index (κ1) is 13.4. The minimum atomic E-state index is -0.415. The molecule has 0 spiro atoms. The van der Waals surface area contributed by atoms with Crippen molar-refractivity contribution in [1.82, 2.24) is 10.2 Å². The van der Waals surface area contributed by atoms with E-state index in [1.807, 2.05) is 0 Å². The second-order valence-corrected chi connectivity index (χ2v) is 6.70. The molecule has 2 saturated heterocycles. The second-order valence-electron chi connectivity index (χ2n) is 6.70. The molecule has 0 aromatic rings. The van der Waals surface area contributed by atoms with Crippen LogP contribution < -0.4 is 11.1 Å². The highest BCUT2D eigenvalue weighted by Crippen LogP contribution is 2.36. The fraction of sp³-hybridized carbons (Fsp3) is 0.933. The fourth-order valence-corrected chi connectivity index (χ4v) is 4.35. The monoisotopic (exact) mass is 265 g/mol. The number of primary amides is 1. The van der Waals surface area contributed by atoms with Gasteiger partial charge in [0.05, 0.1) is 0 Å². The van der Waals surface area contributed by atoms with Gasteiger partial charge in [-0.3, -0.25) is 4.79 Å². The lowest BCUT2D eigenvalue weighted by atomic mass is 9.77. The van der Waals surface area contributed by atoms with E-state index in [4.69, 9.17) is 5.73 Å². The number of nitrogens with two attached hydrogens (primary N) is 1. The average molecular weight is 265 g/mol. The summed E-state index contributed by atoms with van der Waals surface area (Å²) < 4.78 is 0. The van der Waals surface area contributed by atoms with Crippen LogP contribution in [0.1, 0.15) is 51.4 Å². The zero-order valence-corrected chi connectivity index (χ0v) is 11.9. The van der Waals surface area contributed by atoms with Crippen molar-refractivity contribution in [2.45, 2.75) is 62.9 Å². The Balaban J connectivity index is 1.74. The molecule has 0 aromatic heterocycles. The van der Waals surface area contributed by atoms with Gasteiger partial charge in [-0.25, -0.2) is 0 Å². The first-order chi connectivity index (χ1) is 9.21. The quantitative estimate of drug-likeness (QED) is 0.755. The van der Waals surface area contributed by atoms with Gasteiger partial charge >= 0.3 is 0 Å². The molecule has 108 valence electrons. The minimum absolute atomic E-state index is 0.108. The molecule has 2 bridgehead atoms. The van der Waals surface area contributed by atoms with Crippen LogP contribution in [0.4, 0.5) is 0 Å². The zero-order chi connectivity index (χ0) is 13.3. The van der Waals surface area contributed by atoms with Crippen LogP contribution in [-0.2, 0) is 4.79 Å². The molecule has 0 radical (unpaired) electrons. The molecule has 3 N–H and O–H groups in total. The standard InChI is InChI=1S/C15H27N3O/c16-14(19)15(8-10-18-9-7-12(15)11-18)17-13-5-3-1-2-4-6-13/h12-13,17H,1-11H2,(H2,16,19). The van der Waals surface area contributed by atoms with Crippen molar-refractivity contribution in [2.24, 2.45) is 11.7 Å². The van der Waals surface area contributed by atoms with Crippen LogP contribution in [0.25, 0.3) is 0 Å². The van der Waals surface area contributed by atoms with E-state index < -0.39 is 5.54 Å². The van der Waals surface area contributed by atoms with Crippen LogP contribution in [0.15, 0.2) is 0 Å². The molecule has 4 heteroatoms. The van der Waals surface area contributed by atoms with Crippen molar-refractivity contribution in [3.63, 3.8) is 0 Å². The molecular formula is C15H27N3O. The van der Waals surface area contributed by atoms with E-state index in [2.05, 4.69) is 10.2 Å². The Labute approximate surface area is 116 Å². The lowest BCUT2D eigenvalue weighted by molar-refractivity contribution is -0.128. The van der Waals surface area contributed by atoms with E-state index in [1.54, 1.807) is 0 Å². The predicted octanol–water partition coefficient (Wildman–Crippen LogP) is 1.25. The highest BCUT2D eigenvalue weighted by atomic mass is 16.1. The molecule has 1 amide bonds. The van der Waals surface area contributed by atoms with Gasteiger partial charge < -0.3 is 16.0 Å². The number of nitrogens with zero attached hydrogens (tertiary/aromatic N) is 1. The molecule has 3 unspecified atom stereocenters. The maximum atomic E-state index is 12.2. The summed E-state index contributed by atoms with van der Waals surface area (Å²) in [6.45, 7) is 3.23. The molecule has 1 aliphatic carbocycles. The molecule has 3 aliphatic rings. The van der Waals surface area contributed by atoms with Crippen LogP contribution in [0.5, 0.6) is 0 Å². The Kier molecular flexibility index (Phi) is 3.81. The Bertz CT molecular complexity index is 338. The molecular weight excluding hydrogens is 238 g/mol. The summed E-state index contributed by atoms with van der Waals surface area (Å²) in [5, 5.41) is 3.74. The summed E-state index contributed by atoms with van der Waals surface area (Å²) in [6, 6.07) is 0.502. The summed E-state index contributed by atoms with van der Waals surface area (Å²) in [5.41, 5.74) is 5.41. The van der Waals surface area contributed by atoms with Gasteiger partial charge in [0.15, 0.2) is 0 Å². The third-order valence-corrected chi connectivity index (χ3v) is 5.55. The summed E-state index contributed by atoms with van der Waals surface area (Å²) in [4.78, 5) is 14.6. The van der Waals surface area contributed by atoms with E-state index >= 15 is 0 Å². The van der Waals surface area contributed by atoms with E-state index in [0.717, 1.165) is 32.5 Å². The van der Waals surface area contributed by atoms with Gasteiger partial charge in [0.2, 0.25) is 5.91 Å². The van der Waals surface area contributed by atoms with E-state index in [1.165, 1.54) is 38.5 Å². The van der Waals surface area contributed by atoms with Gasteiger partial charge in [0, 0.05) is 25.0 Å². The Hall–Kier alpha value is -0.610. The second kappa shape index (κ2) is 5.41. The first-order valence-corrected chi connectivity index (χ1v) is 8.01. The summed E-state index contributed by atoms with van der Waals surface area (Å²) >= 11 is 0. The topological polar surface area (TPSA) is 58.4 Å². The number of carbonyl (C=O) groups is 1. The third kappa shape index (κ3) is 2.52. The van der Waals surface area contributed by atoms with Gasteiger partial charge in [-0.2, -0.15) is 0 Å². The van der Waals surface area contributed by atoms with Crippen LogP contribution in [0, 0.1) is 5.92 Å². The number of fused-ring (bicyclic) bond motifs is 2. The predicted molar refractivity (Wildman–Crippen MR) is 75.7 cm³/mol. The molecule has 19 heavy (non-hydrogen) atoms. The van der Waals surface area contributed by atoms with Crippen molar-refractivity contribution in [2.75, 3.05) is 19.6 Å². The zero-order valence-electron chi connectivity index (χ0n) is 11.9. The van der Waals surface area contributed by atoms with E-state index in [-0.39, 0.29) is 5.91 Å². The molecule has 0 aromatic carbocycles. The summed E-state index contributed by atoms with van der Waals surface area (Å²) in [5.74, 6) is 0.324. The van der Waals surface area contributed by atoms with Crippen LogP contribution in [0.2, 0.25) is 0 Å². The van der Waals surface area contributed by atoms with Crippen molar-refractivity contribution < 1.29 is 4.79 Å². The summed E-state index contributed by atoms with van der Waals surface area (Å²) in [7, 11) is 0. The Morgan fingerprint density at radius 3 is 2.53 bits per heavy atom. The number of nitrogens with one attached hydrogen (secondary N) is 1. The number of carbonyl (C=O) groups excluding carboxylic acids is 1. The fourth-order valence-electron chi connectivity index (χ4n) is 4.35. The highest BCUT2D eigenvalue weighted by Gasteiger charge is 2.50. The van der Waals surface area contributed by atoms with Gasteiger partial charge in [-0.05, 0) is 32.2 Å². The van der Waals surface area contributed by atoms with Gasteiger partial charge in [-0.15, -0.1) is 0 Å². The molecule has 3 rings (SSSR count). The number of piperidine rings is 1. The van der Waals surface area contributed by atoms with Crippen LogP contribution in [-0.4, -0.2) is 42.0 Å². The van der Waals surface area contributed by atoms with Crippen molar-refractivity contribution >= 4 is 5.91 Å². The van der Waals surface area contributed by atoms with Crippen molar-refractivity contribution in [3.05, 3.63) is 0 Å². The number of amides is 1. The third-order valence-electron chi connectivity index (χ3n) is 5.55. The molecule has 2 heterocycles. The van der Waals surface area contributed by atoms with Gasteiger partial charge in [-0.1, -0.05) is 25.7 Å². The van der Waals surface area contributed by atoms with Gasteiger partial charge in [0.25, 0.3) is 0 Å². The maximum Gasteiger partial charge on any atom is 0.238 e. The highest BCUT2D eigenvalue weighted by molar-refractivity contribution is 5.85. The summed E-state index contributed by atoms with van der Waals surface area (Å²) in [6.07, 6.45) is 9.74. The van der Waals surface area contributed by atoms with Crippen LogP contribution in [0.3, 0.4) is 0 Å². The van der Waals surface area contributed by atoms with Crippen molar-refractivity contribution in [3.8, 4) is 0 Å². The van der Waals surface area contributed by atoms with E-state index in [9.17, 15) is 4.79 Å². The number of hydrogen-bond donors (Lipinski definition) is 2. The molecule has 2 aliphatic heterocycles. The smallest absolute Gasteiger partial charge is 0.238 e. The Morgan fingerprint density at radius 1 is 1.11 bits per heavy atom. The van der Waals surface area contributed by atoms with Gasteiger partial charge in [0.1, 0.15) is 5.54 Å². The normalized spacial score (nSPS) is 40.0. The SMILES string of the molecule is NC(=O)C1(NC2CCCCCC2)CCN2CCC1C2. The first-order valence-electron chi connectivity index (χ1n) is 8.01. The maximum absolute atomic E-state index is 12.2. The minimum Gasteiger partial charge on any atom is -0.368 e. The molecule has 3 atom stereocenters. The molecule has 4 nitrogen and oxygen atoms in total.